The Morgan fingerprint density at radius 1 is 1.22 bits per heavy atom. The number of hydrogen-bond acceptors (Lipinski definition) is 2. The van der Waals surface area contributed by atoms with E-state index < -0.39 is 11.7 Å². The smallest absolute Gasteiger partial charge is 0.273 e. The van der Waals surface area contributed by atoms with E-state index in [0.717, 1.165) is 11.1 Å². The van der Waals surface area contributed by atoms with E-state index in [2.05, 4.69) is 15.5 Å². The van der Waals surface area contributed by atoms with Crippen molar-refractivity contribution in [2.24, 2.45) is 0 Å². The highest BCUT2D eigenvalue weighted by Crippen LogP contribution is 2.22. The number of carbonyl (C=O) groups is 1. The molecule has 0 bridgehead atoms. The fourth-order valence-electron chi connectivity index (χ4n) is 2.14. The molecule has 0 aliphatic rings. The highest BCUT2D eigenvalue weighted by atomic mass is 35.5. The number of halogens is 2. The second kappa shape index (κ2) is 6.22. The Hall–Kier alpha value is -2.66. The molecule has 3 rings (SSSR count). The van der Waals surface area contributed by atoms with Gasteiger partial charge in [-0.1, -0.05) is 29.8 Å². The molecule has 0 aliphatic heterocycles. The van der Waals surface area contributed by atoms with Crippen LogP contribution in [0.1, 0.15) is 16.1 Å². The summed E-state index contributed by atoms with van der Waals surface area (Å²) in [6.07, 6.45) is 0. The van der Waals surface area contributed by atoms with Crippen LogP contribution in [-0.4, -0.2) is 16.1 Å². The summed E-state index contributed by atoms with van der Waals surface area (Å²) in [7, 11) is 0. The summed E-state index contributed by atoms with van der Waals surface area (Å²) in [5.41, 5.74) is 2.51. The second-order valence-electron chi connectivity index (χ2n) is 5.11. The lowest BCUT2D eigenvalue weighted by atomic mass is 10.1. The first-order valence-corrected chi connectivity index (χ1v) is 7.29. The third-order valence-corrected chi connectivity index (χ3v) is 3.55. The maximum atomic E-state index is 13.8. The van der Waals surface area contributed by atoms with Crippen molar-refractivity contribution in [3.63, 3.8) is 0 Å². The van der Waals surface area contributed by atoms with Gasteiger partial charge in [-0.25, -0.2) is 4.39 Å². The van der Waals surface area contributed by atoms with Crippen molar-refractivity contribution < 1.29 is 9.18 Å². The summed E-state index contributed by atoms with van der Waals surface area (Å²) in [5.74, 6) is -0.943. The first kappa shape index (κ1) is 15.2. The van der Waals surface area contributed by atoms with Gasteiger partial charge in [0.1, 0.15) is 11.5 Å². The molecule has 1 heterocycles. The van der Waals surface area contributed by atoms with Gasteiger partial charge in [-0.3, -0.25) is 9.89 Å². The molecule has 4 nitrogen and oxygen atoms in total. The van der Waals surface area contributed by atoms with E-state index >= 15 is 0 Å². The van der Waals surface area contributed by atoms with Crippen molar-refractivity contribution in [1.82, 2.24) is 10.2 Å². The van der Waals surface area contributed by atoms with Gasteiger partial charge in [0.15, 0.2) is 0 Å². The Labute approximate surface area is 137 Å². The minimum absolute atomic E-state index is 0.125. The third-order valence-electron chi connectivity index (χ3n) is 3.32. The number of aryl methyl sites for hydroxylation is 1. The van der Waals surface area contributed by atoms with Gasteiger partial charge in [0.25, 0.3) is 5.91 Å². The molecular formula is C17H13ClFN3O. The number of amides is 1. The van der Waals surface area contributed by atoms with E-state index in [0.29, 0.717) is 10.7 Å². The number of hydrogen-bond donors (Lipinski definition) is 2. The van der Waals surface area contributed by atoms with E-state index in [-0.39, 0.29) is 11.4 Å². The van der Waals surface area contributed by atoms with Crippen LogP contribution in [0.2, 0.25) is 5.02 Å². The lowest BCUT2D eigenvalue weighted by Gasteiger charge is -2.05. The molecule has 1 aromatic heterocycles. The van der Waals surface area contributed by atoms with Gasteiger partial charge >= 0.3 is 0 Å². The van der Waals surface area contributed by atoms with Crippen LogP contribution in [0.25, 0.3) is 11.3 Å². The van der Waals surface area contributed by atoms with Crippen molar-refractivity contribution in [3.8, 4) is 11.3 Å². The molecule has 0 unspecified atom stereocenters. The van der Waals surface area contributed by atoms with Crippen LogP contribution in [0.3, 0.4) is 0 Å². The Kier molecular flexibility index (Phi) is 4.12. The quantitative estimate of drug-likeness (QED) is 0.746. The lowest BCUT2D eigenvalue weighted by molar-refractivity contribution is 0.102. The summed E-state index contributed by atoms with van der Waals surface area (Å²) in [5, 5.41) is 9.84. The van der Waals surface area contributed by atoms with Crippen molar-refractivity contribution in [2.45, 2.75) is 6.92 Å². The third kappa shape index (κ3) is 3.40. The number of rotatable bonds is 3. The molecule has 0 aliphatic carbocycles. The second-order valence-corrected chi connectivity index (χ2v) is 5.55. The SMILES string of the molecule is Cc1ccc(NC(=O)c2cc(-c3cccc(Cl)c3)n[nH]2)c(F)c1. The normalized spacial score (nSPS) is 10.6. The van der Waals surface area contributed by atoms with Gasteiger partial charge in [0.2, 0.25) is 0 Å². The van der Waals surface area contributed by atoms with Crippen molar-refractivity contribution in [1.29, 1.82) is 0 Å². The molecule has 0 fully saturated rings. The van der Waals surface area contributed by atoms with Crippen LogP contribution in [0, 0.1) is 12.7 Å². The fourth-order valence-corrected chi connectivity index (χ4v) is 2.34. The maximum absolute atomic E-state index is 13.8. The van der Waals surface area contributed by atoms with E-state index in [1.165, 1.54) is 12.1 Å². The number of anilines is 1. The minimum atomic E-state index is -0.479. The average Bonchev–Trinajstić information content (AvgIpc) is 3.00. The molecule has 116 valence electrons. The monoisotopic (exact) mass is 329 g/mol. The number of carbonyl (C=O) groups excluding carboxylic acids is 1. The highest BCUT2D eigenvalue weighted by molar-refractivity contribution is 6.30. The fraction of sp³-hybridized carbons (Fsp3) is 0.0588. The molecule has 2 aromatic carbocycles. The van der Waals surface area contributed by atoms with Gasteiger partial charge in [0.05, 0.1) is 11.4 Å². The topological polar surface area (TPSA) is 57.8 Å². The Bertz CT molecular complexity index is 876. The molecule has 6 heteroatoms. The van der Waals surface area contributed by atoms with Gasteiger partial charge < -0.3 is 5.32 Å². The summed E-state index contributed by atoms with van der Waals surface area (Å²) >= 11 is 5.94. The van der Waals surface area contributed by atoms with E-state index in [9.17, 15) is 9.18 Å². The molecule has 1 amide bonds. The highest BCUT2D eigenvalue weighted by Gasteiger charge is 2.13. The summed E-state index contributed by atoms with van der Waals surface area (Å²) in [6, 6.07) is 13.3. The van der Waals surface area contributed by atoms with Gasteiger partial charge in [-0.2, -0.15) is 5.10 Å². The number of aromatic amines is 1. The van der Waals surface area contributed by atoms with E-state index in [4.69, 9.17) is 11.6 Å². The van der Waals surface area contributed by atoms with Crippen LogP contribution in [0.15, 0.2) is 48.5 Å². The predicted octanol–water partition coefficient (Wildman–Crippen LogP) is 4.43. The Balaban J connectivity index is 1.81. The molecular weight excluding hydrogens is 317 g/mol. The summed E-state index contributed by atoms with van der Waals surface area (Å²) < 4.78 is 13.8. The molecule has 2 N–H and O–H groups in total. The van der Waals surface area contributed by atoms with E-state index in [1.807, 2.05) is 6.07 Å². The van der Waals surface area contributed by atoms with Crippen LogP contribution in [0.5, 0.6) is 0 Å². The molecule has 0 saturated carbocycles. The number of benzene rings is 2. The van der Waals surface area contributed by atoms with Crippen LogP contribution < -0.4 is 5.32 Å². The van der Waals surface area contributed by atoms with Crippen LogP contribution >= 0.6 is 11.6 Å². The molecule has 0 radical (unpaired) electrons. The summed E-state index contributed by atoms with van der Waals surface area (Å²) in [6.45, 7) is 1.78. The standard InChI is InChI=1S/C17H13ClFN3O/c1-10-5-6-14(13(19)7-10)20-17(23)16-9-15(21-22-16)11-3-2-4-12(18)8-11/h2-9H,1H3,(H,20,23)(H,21,22). The molecule has 23 heavy (non-hydrogen) atoms. The summed E-state index contributed by atoms with van der Waals surface area (Å²) in [4.78, 5) is 12.2. The van der Waals surface area contributed by atoms with Gasteiger partial charge in [-0.15, -0.1) is 0 Å². The largest absolute Gasteiger partial charge is 0.318 e. The molecule has 0 spiro atoms. The number of aromatic nitrogens is 2. The first-order valence-electron chi connectivity index (χ1n) is 6.92. The van der Waals surface area contributed by atoms with Crippen LogP contribution in [0.4, 0.5) is 10.1 Å². The van der Waals surface area contributed by atoms with Gasteiger partial charge in [-0.05, 0) is 42.8 Å². The predicted molar refractivity (Wildman–Crippen MR) is 88.1 cm³/mol. The minimum Gasteiger partial charge on any atom is -0.318 e. The number of H-pyrrole nitrogens is 1. The molecule has 0 atom stereocenters. The van der Waals surface area contributed by atoms with Crippen molar-refractivity contribution >= 4 is 23.2 Å². The average molecular weight is 330 g/mol. The lowest BCUT2D eigenvalue weighted by Crippen LogP contribution is -2.13. The number of nitrogens with zero attached hydrogens (tertiary/aromatic N) is 1. The van der Waals surface area contributed by atoms with Gasteiger partial charge in [0, 0.05) is 10.6 Å². The zero-order valence-electron chi connectivity index (χ0n) is 12.2. The zero-order chi connectivity index (χ0) is 16.4. The Morgan fingerprint density at radius 2 is 2.04 bits per heavy atom. The molecule has 0 saturated heterocycles. The maximum Gasteiger partial charge on any atom is 0.273 e. The van der Waals surface area contributed by atoms with Crippen LogP contribution in [-0.2, 0) is 0 Å². The van der Waals surface area contributed by atoms with E-state index in [1.54, 1.807) is 37.3 Å². The van der Waals surface area contributed by atoms with Crippen molar-refractivity contribution in [2.75, 3.05) is 5.32 Å². The molecule has 3 aromatic rings. The van der Waals surface area contributed by atoms with Crippen molar-refractivity contribution in [3.05, 3.63) is 70.6 Å². The number of nitrogens with one attached hydrogen (secondary N) is 2. The zero-order valence-corrected chi connectivity index (χ0v) is 13.0. The Morgan fingerprint density at radius 3 is 2.78 bits per heavy atom. The first-order chi connectivity index (χ1) is 11.0.